The molecule has 0 amide bonds. The Bertz CT molecular complexity index is 460. The first-order valence-electron chi connectivity index (χ1n) is 9.40. The van der Waals surface area contributed by atoms with Gasteiger partial charge in [0, 0.05) is 6.61 Å². The summed E-state index contributed by atoms with van der Waals surface area (Å²) >= 11 is 0. The first-order valence-corrected chi connectivity index (χ1v) is 10.9. The molecule has 0 aliphatic carbocycles. The fourth-order valence-corrected chi connectivity index (χ4v) is 3.04. The molecule has 0 spiro atoms. The smallest absolute Gasteiger partial charge is 0.377 e. The van der Waals surface area contributed by atoms with Crippen molar-refractivity contribution >= 4 is 7.82 Å². The quantitative estimate of drug-likeness (QED) is 0.308. The molecule has 0 atom stereocenters. The number of phosphoric ester groups is 1. The van der Waals surface area contributed by atoms with Gasteiger partial charge in [-0.1, -0.05) is 81.7 Å². The van der Waals surface area contributed by atoms with E-state index in [1.54, 1.807) is 0 Å². The Morgan fingerprint density at radius 1 is 0.720 bits per heavy atom. The van der Waals surface area contributed by atoms with Gasteiger partial charge >= 0.3 is 7.82 Å². The summed E-state index contributed by atoms with van der Waals surface area (Å²) in [6, 6.07) is 10.3. The first-order chi connectivity index (χ1) is 12.1. The number of ether oxygens (including phenoxy) is 1. The summed E-state index contributed by atoms with van der Waals surface area (Å²) in [5.74, 6) is 0. The third-order valence-corrected chi connectivity index (χ3v) is 4.57. The van der Waals surface area contributed by atoms with Crippen LogP contribution in [-0.2, 0) is 20.4 Å². The average Bonchev–Trinajstić information content (AvgIpc) is 2.58. The van der Waals surface area contributed by atoms with E-state index >= 15 is 0 Å². The molecule has 144 valence electrons. The summed E-state index contributed by atoms with van der Waals surface area (Å²) < 4.78 is 20.6. The van der Waals surface area contributed by atoms with Crippen LogP contribution in [-0.4, -0.2) is 23.0 Å². The van der Waals surface area contributed by atoms with Crippen molar-refractivity contribution in [2.75, 3.05) is 13.2 Å². The minimum absolute atomic E-state index is 0.149. The van der Waals surface area contributed by atoms with E-state index in [0.717, 1.165) is 25.9 Å². The highest BCUT2D eigenvalue weighted by Gasteiger charge is 2.12. The highest BCUT2D eigenvalue weighted by Crippen LogP contribution is 2.35. The molecule has 0 saturated heterocycles. The van der Waals surface area contributed by atoms with E-state index in [4.69, 9.17) is 14.5 Å². The van der Waals surface area contributed by atoms with Gasteiger partial charge in [-0.25, -0.2) is 4.57 Å². The van der Waals surface area contributed by atoms with Crippen LogP contribution in [0.15, 0.2) is 30.3 Å². The molecule has 2 N–H and O–H groups in total. The molecule has 0 saturated carbocycles. The average molecular weight is 372 g/mol. The molecule has 1 aromatic carbocycles. The van der Waals surface area contributed by atoms with Crippen LogP contribution in [0.5, 0.6) is 0 Å². The van der Waals surface area contributed by atoms with Crippen LogP contribution < -0.4 is 0 Å². The molecule has 25 heavy (non-hydrogen) atoms. The molecule has 0 heterocycles. The zero-order chi connectivity index (χ0) is 18.2. The predicted octanol–water partition coefficient (Wildman–Crippen LogP) is 5.21. The lowest BCUT2D eigenvalue weighted by Gasteiger charge is -2.05. The summed E-state index contributed by atoms with van der Waals surface area (Å²) in [4.78, 5) is 17.1. The third kappa shape index (κ3) is 15.3. The van der Waals surface area contributed by atoms with E-state index in [0.29, 0.717) is 13.0 Å². The standard InChI is InChI=1S/C19H33O5P/c20-25(21,22)24-17-13-8-6-4-2-1-3-5-7-12-16-23-18-19-14-10-9-11-15-19/h9-11,14-15H,1-8,12-13,16-18H2,(H2,20,21,22). The van der Waals surface area contributed by atoms with Crippen LogP contribution in [0.2, 0.25) is 0 Å². The molecule has 0 unspecified atom stereocenters. The maximum atomic E-state index is 10.5. The van der Waals surface area contributed by atoms with Crippen LogP contribution in [0.1, 0.15) is 69.8 Å². The van der Waals surface area contributed by atoms with Crippen LogP contribution in [0.4, 0.5) is 0 Å². The van der Waals surface area contributed by atoms with Gasteiger partial charge in [0.25, 0.3) is 0 Å². The summed E-state index contributed by atoms with van der Waals surface area (Å²) in [5.41, 5.74) is 1.23. The summed E-state index contributed by atoms with van der Waals surface area (Å²) in [7, 11) is -4.27. The number of rotatable bonds is 16. The molecule has 0 aromatic heterocycles. The minimum atomic E-state index is -4.27. The molecule has 0 aliphatic rings. The van der Waals surface area contributed by atoms with E-state index in [2.05, 4.69) is 16.7 Å². The highest BCUT2D eigenvalue weighted by molar-refractivity contribution is 7.46. The summed E-state index contributed by atoms with van der Waals surface area (Å²) in [6.07, 6.45) is 11.4. The molecule has 1 aromatic rings. The van der Waals surface area contributed by atoms with Gasteiger partial charge in [0.05, 0.1) is 13.2 Å². The van der Waals surface area contributed by atoms with Crippen molar-refractivity contribution in [3.8, 4) is 0 Å². The summed E-state index contributed by atoms with van der Waals surface area (Å²) in [6.45, 7) is 1.70. The van der Waals surface area contributed by atoms with Crippen molar-refractivity contribution in [1.29, 1.82) is 0 Å². The van der Waals surface area contributed by atoms with Gasteiger partial charge < -0.3 is 14.5 Å². The van der Waals surface area contributed by atoms with Gasteiger partial charge in [0.15, 0.2) is 0 Å². The van der Waals surface area contributed by atoms with Crippen LogP contribution in [0.3, 0.4) is 0 Å². The van der Waals surface area contributed by atoms with E-state index < -0.39 is 7.82 Å². The van der Waals surface area contributed by atoms with Crippen molar-refractivity contribution in [2.45, 2.75) is 70.8 Å². The monoisotopic (exact) mass is 372 g/mol. The molecule has 6 heteroatoms. The van der Waals surface area contributed by atoms with Crippen molar-refractivity contribution in [2.24, 2.45) is 0 Å². The van der Waals surface area contributed by atoms with Gasteiger partial charge in [-0.2, -0.15) is 0 Å². The van der Waals surface area contributed by atoms with Gasteiger partial charge in [-0.05, 0) is 18.4 Å². The van der Waals surface area contributed by atoms with Gasteiger partial charge in [0.1, 0.15) is 0 Å². The van der Waals surface area contributed by atoms with E-state index in [1.807, 2.05) is 18.2 Å². The fourth-order valence-electron chi connectivity index (χ4n) is 2.67. The summed E-state index contributed by atoms with van der Waals surface area (Å²) in [5, 5.41) is 0. The van der Waals surface area contributed by atoms with Crippen molar-refractivity contribution < 1.29 is 23.6 Å². The van der Waals surface area contributed by atoms with Gasteiger partial charge in [-0.3, -0.25) is 4.52 Å². The lowest BCUT2D eigenvalue weighted by Crippen LogP contribution is -1.95. The predicted molar refractivity (Wildman–Crippen MR) is 100 cm³/mol. The zero-order valence-electron chi connectivity index (χ0n) is 15.1. The molecule has 0 bridgehead atoms. The normalized spacial score (nSPS) is 11.8. The molecule has 0 aliphatic heterocycles. The Kier molecular flexibility index (Phi) is 12.9. The number of hydrogen-bond acceptors (Lipinski definition) is 3. The minimum Gasteiger partial charge on any atom is -0.377 e. The second-order valence-electron chi connectivity index (χ2n) is 6.40. The second-order valence-corrected chi connectivity index (χ2v) is 7.64. The fraction of sp³-hybridized carbons (Fsp3) is 0.684. The largest absolute Gasteiger partial charge is 0.469 e. The van der Waals surface area contributed by atoms with E-state index in [1.165, 1.54) is 44.1 Å². The highest BCUT2D eigenvalue weighted by atomic mass is 31.2. The zero-order valence-corrected chi connectivity index (χ0v) is 16.0. The van der Waals surface area contributed by atoms with Crippen LogP contribution in [0.25, 0.3) is 0 Å². The Labute approximate surface area is 152 Å². The van der Waals surface area contributed by atoms with Crippen molar-refractivity contribution in [3.63, 3.8) is 0 Å². The topological polar surface area (TPSA) is 76.0 Å². The number of benzene rings is 1. The Balaban J connectivity index is 1.74. The molecule has 0 radical (unpaired) electrons. The van der Waals surface area contributed by atoms with E-state index in [9.17, 15) is 4.57 Å². The third-order valence-electron chi connectivity index (χ3n) is 4.05. The maximum absolute atomic E-state index is 10.5. The Morgan fingerprint density at radius 3 is 1.72 bits per heavy atom. The van der Waals surface area contributed by atoms with E-state index in [-0.39, 0.29) is 6.61 Å². The SMILES string of the molecule is O=P(O)(O)OCCCCCCCCCCCCOCc1ccccc1. The van der Waals surface area contributed by atoms with Crippen LogP contribution >= 0.6 is 7.82 Å². The van der Waals surface area contributed by atoms with Crippen molar-refractivity contribution in [1.82, 2.24) is 0 Å². The Morgan fingerprint density at radius 2 is 1.20 bits per heavy atom. The number of hydrogen-bond donors (Lipinski definition) is 2. The van der Waals surface area contributed by atoms with Crippen molar-refractivity contribution in [3.05, 3.63) is 35.9 Å². The van der Waals surface area contributed by atoms with Gasteiger partial charge in [0.2, 0.25) is 0 Å². The molecule has 1 rings (SSSR count). The molecule has 0 fully saturated rings. The number of phosphoric acid groups is 1. The molecule has 5 nitrogen and oxygen atoms in total. The lowest BCUT2D eigenvalue weighted by molar-refractivity contribution is 0.116. The van der Waals surface area contributed by atoms with Gasteiger partial charge in [-0.15, -0.1) is 0 Å². The second kappa shape index (κ2) is 14.5. The lowest BCUT2D eigenvalue weighted by atomic mass is 10.1. The number of unbranched alkanes of at least 4 members (excludes halogenated alkanes) is 9. The molecular weight excluding hydrogens is 339 g/mol. The first kappa shape index (κ1) is 22.3. The van der Waals surface area contributed by atoms with Crippen LogP contribution in [0, 0.1) is 0 Å². The molecular formula is C19H33O5P. The maximum Gasteiger partial charge on any atom is 0.469 e. The Hall–Kier alpha value is -0.710.